The van der Waals surface area contributed by atoms with Crippen LogP contribution in [-0.4, -0.2) is 12.6 Å². The molecule has 148 valence electrons. The number of nitrogen functional groups attached to an aromatic ring is 1. The Balaban J connectivity index is -0.000000430. The Labute approximate surface area is 166 Å². The lowest BCUT2D eigenvalue weighted by Crippen LogP contribution is -2.07. The molecule has 0 bridgehead atoms. The molecule has 0 atom stereocenters. The fourth-order valence-corrected chi connectivity index (χ4v) is 1.46. The molecule has 0 fully saturated rings. The minimum Gasteiger partial charge on any atom is -0.463 e. The lowest BCUT2D eigenvalue weighted by atomic mass is 10.1. The van der Waals surface area contributed by atoms with Crippen LogP contribution in [0.15, 0.2) is 78.9 Å². The molecular weight excluding hydrogens is 334 g/mol. The van der Waals surface area contributed by atoms with Gasteiger partial charge in [-0.2, -0.15) is 0 Å². The van der Waals surface area contributed by atoms with E-state index in [1.165, 1.54) is 0 Å². The molecule has 2 N–H and O–H groups in total. The molecular formula is C24H35NO2. The second kappa shape index (κ2) is 23.0. The Kier molecular flexibility index (Phi) is 24.5. The highest BCUT2D eigenvalue weighted by atomic mass is 16.5. The molecule has 0 spiro atoms. The van der Waals surface area contributed by atoms with E-state index in [1.54, 1.807) is 31.2 Å². The van der Waals surface area contributed by atoms with Gasteiger partial charge >= 0.3 is 5.97 Å². The van der Waals surface area contributed by atoms with Crippen molar-refractivity contribution in [3.63, 3.8) is 0 Å². The Morgan fingerprint density at radius 1 is 1.22 bits per heavy atom. The van der Waals surface area contributed by atoms with E-state index in [9.17, 15) is 4.79 Å². The number of nitrogens with two attached hydrogens (primary N) is 1. The number of rotatable bonds is 6. The number of hydrogen-bond acceptors (Lipinski definition) is 3. The topological polar surface area (TPSA) is 52.3 Å². The van der Waals surface area contributed by atoms with Gasteiger partial charge in [0.15, 0.2) is 0 Å². The van der Waals surface area contributed by atoms with E-state index in [1.807, 2.05) is 58.0 Å². The summed E-state index contributed by atoms with van der Waals surface area (Å²) in [4.78, 5) is 11.3. The van der Waals surface area contributed by atoms with Gasteiger partial charge in [-0.1, -0.05) is 83.2 Å². The molecule has 0 aliphatic heterocycles. The van der Waals surface area contributed by atoms with Crippen molar-refractivity contribution in [2.45, 2.75) is 41.0 Å². The number of allylic oxidation sites excluding steroid dienone is 5. The molecule has 27 heavy (non-hydrogen) atoms. The third-order valence-electron chi connectivity index (χ3n) is 2.50. The number of benzene rings is 1. The number of hydrogen-bond donors (Lipinski definition) is 1. The van der Waals surface area contributed by atoms with Crippen molar-refractivity contribution >= 4 is 11.7 Å². The summed E-state index contributed by atoms with van der Waals surface area (Å²) < 4.78 is 4.83. The fraction of sp³-hybridized carbons (Fsp3) is 0.292. The van der Waals surface area contributed by atoms with E-state index >= 15 is 0 Å². The molecule has 0 aliphatic rings. The van der Waals surface area contributed by atoms with Crippen LogP contribution < -0.4 is 5.73 Å². The van der Waals surface area contributed by atoms with Gasteiger partial charge in [0, 0.05) is 17.7 Å². The Bertz CT molecular complexity index is 605. The van der Waals surface area contributed by atoms with Gasteiger partial charge in [-0.25, -0.2) is 4.79 Å². The van der Waals surface area contributed by atoms with E-state index in [0.29, 0.717) is 18.6 Å². The zero-order valence-corrected chi connectivity index (χ0v) is 17.5. The first-order valence-corrected chi connectivity index (χ1v) is 9.14. The number of ether oxygens (including phenoxy) is 1. The van der Waals surface area contributed by atoms with Crippen molar-refractivity contribution < 1.29 is 9.53 Å². The van der Waals surface area contributed by atoms with Crippen molar-refractivity contribution in [2.24, 2.45) is 0 Å². The van der Waals surface area contributed by atoms with E-state index in [0.717, 1.165) is 11.3 Å². The third kappa shape index (κ3) is 19.2. The second-order valence-corrected chi connectivity index (χ2v) is 4.39. The molecule has 3 heteroatoms. The molecule has 0 saturated carbocycles. The van der Waals surface area contributed by atoms with Crippen LogP contribution in [0, 0.1) is 12.3 Å². The molecule has 0 saturated heterocycles. The van der Waals surface area contributed by atoms with Crippen LogP contribution in [-0.2, 0) is 9.53 Å². The summed E-state index contributed by atoms with van der Waals surface area (Å²) in [5, 5.41) is 0. The van der Waals surface area contributed by atoms with Gasteiger partial charge in [-0.05, 0) is 30.7 Å². The van der Waals surface area contributed by atoms with Crippen molar-refractivity contribution in [1.82, 2.24) is 0 Å². The highest BCUT2D eigenvalue weighted by Gasteiger charge is 2.08. The van der Waals surface area contributed by atoms with Crippen LogP contribution in [0.1, 0.15) is 41.0 Å². The molecule has 0 radical (unpaired) electrons. The molecule has 3 nitrogen and oxygen atoms in total. The maximum Gasteiger partial charge on any atom is 0.333 e. The van der Waals surface area contributed by atoms with Gasteiger partial charge in [0.1, 0.15) is 0 Å². The minimum absolute atomic E-state index is 0.342. The van der Waals surface area contributed by atoms with Gasteiger partial charge in [0.2, 0.25) is 0 Å². The van der Waals surface area contributed by atoms with Crippen LogP contribution in [0.5, 0.6) is 0 Å². The minimum atomic E-state index is -0.391. The smallest absolute Gasteiger partial charge is 0.333 e. The molecule has 0 aliphatic carbocycles. The Morgan fingerprint density at radius 2 is 1.78 bits per heavy atom. The summed E-state index contributed by atoms with van der Waals surface area (Å²) in [5.74, 6) is 2.02. The first kappa shape index (κ1) is 28.8. The predicted octanol–water partition coefficient (Wildman–Crippen LogP) is 6.12. The van der Waals surface area contributed by atoms with Crippen LogP contribution in [0.3, 0.4) is 0 Å². The number of carbonyl (C=O) groups excluding carboxylic acids is 1. The average molecular weight is 370 g/mol. The molecule has 0 unspecified atom stereocenters. The van der Waals surface area contributed by atoms with E-state index in [4.69, 9.17) is 16.9 Å². The highest BCUT2D eigenvalue weighted by molar-refractivity contribution is 5.88. The van der Waals surface area contributed by atoms with Crippen molar-refractivity contribution in [1.29, 1.82) is 0 Å². The summed E-state index contributed by atoms with van der Waals surface area (Å²) in [5.41, 5.74) is 7.39. The third-order valence-corrected chi connectivity index (χ3v) is 2.50. The fourth-order valence-electron chi connectivity index (χ4n) is 1.46. The number of para-hydroxylation sites is 1. The zero-order valence-electron chi connectivity index (χ0n) is 17.5. The molecule has 0 amide bonds. The number of anilines is 1. The van der Waals surface area contributed by atoms with Crippen LogP contribution >= 0.6 is 0 Å². The predicted molar refractivity (Wildman–Crippen MR) is 120 cm³/mol. The maximum absolute atomic E-state index is 11.3. The lowest BCUT2D eigenvalue weighted by Gasteiger charge is -2.05. The van der Waals surface area contributed by atoms with Crippen LogP contribution in [0.2, 0.25) is 0 Å². The first-order chi connectivity index (χ1) is 13.0. The second-order valence-electron chi connectivity index (χ2n) is 4.39. The Morgan fingerprint density at radius 3 is 2.15 bits per heavy atom. The summed E-state index contributed by atoms with van der Waals surface area (Å²) >= 11 is 0. The largest absolute Gasteiger partial charge is 0.463 e. The van der Waals surface area contributed by atoms with Gasteiger partial charge in [0.25, 0.3) is 0 Å². The summed E-state index contributed by atoms with van der Waals surface area (Å²) in [6, 6.07) is 9.49. The SMILES string of the molecule is C#C/C=C(\C=C/C=C)CC(=C)C(=O)OCC.CC.CC.Nc1ccccc1. The van der Waals surface area contributed by atoms with Gasteiger partial charge in [0.05, 0.1) is 6.61 Å². The molecule has 1 aromatic rings. The quantitative estimate of drug-likeness (QED) is 0.216. The summed E-state index contributed by atoms with van der Waals surface area (Å²) in [7, 11) is 0. The monoisotopic (exact) mass is 369 g/mol. The highest BCUT2D eigenvalue weighted by Crippen LogP contribution is 2.12. The van der Waals surface area contributed by atoms with E-state index in [2.05, 4.69) is 19.1 Å². The number of terminal acetylenes is 1. The maximum atomic E-state index is 11.3. The van der Waals surface area contributed by atoms with Gasteiger partial charge in [-0.3, -0.25) is 0 Å². The molecule has 1 rings (SSSR count). The first-order valence-electron chi connectivity index (χ1n) is 9.14. The van der Waals surface area contributed by atoms with Gasteiger partial charge < -0.3 is 10.5 Å². The number of esters is 1. The summed E-state index contributed by atoms with van der Waals surface area (Å²) in [6.45, 7) is 17.3. The van der Waals surface area contributed by atoms with Crippen LogP contribution in [0.25, 0.3) is 0 Å². The number of carbonyl (C=O) groups is 1. The molecule has 0 aromatic heterocycles. The summed E-state index contributed by atoms with van der Waals surface area (Å²) in [6.07, 6.45) is 12.3. The normalized spacial score (nSPS) is 9.11. The van der Waals surface area contributed by atoms with Gasteiger partial charge in [-0.15, -0.1) is 6.42 Å². The average Bonchev–Trinajstić information content (AvgIpc) is 2.70. The van der Waals surface area contributed by atoms with Crippen molar-refractivity contribution in [3.8, 4) is 12.3 Å². The van der Waals surface area contributed by atoms with Crippen molar-refractivity contribution in [2.75, 3.05) is 12.3 Å². The Hall–Kier alpha value is -2.99. The molecule has 1 aromatic carbocycles. The van der Waals surface area contributed by atoms with Crippen molar-refractivity contribution in [3.05, 3.63) is 78.9 Å². The molecule has 0 heterocycles. The standard InChI is InChI=1S/C14H16O2.C6H7N.2C2H6/c1-5-8-10-13(9-6-2)11-12(4)14(15)16-7-3;7-6-4-2-1-3-5-6;2*1-2/h2,5,8-10H,1,4,7,11H2,3H3;1-5H,7H2;2*1-2H3/b10-8-,13-9+;;;. The zero-order chi connectivity index (χ0) is 21.5. The van der Waals surface area contributed by atoms with E-state index in [-0.39, 0.29) is 0 Å². The van der Waals surface area contributed by atoms with Crippen LogP contribution in [0.4, 0.5) is 5.69 Å². The van der Waals surface area contributed by atoms with E-state index < -0.39 is 5.97 Å². The lowest BCUT2D eigenvalue weighted by molar-refractivity contribution is -0.138.